The van der Waals surface area contributed by atoms with Crippen LogP contribution in [-0.2, 0) is 18.3 Å². The Morgan fingerprint density at radius 3 is 2.97 bits per heavy atom. The molecule has 0 amide bonds. The van der Waals surface area contributed by atoms with Crippen LogP contribution in [0.4, 0.5) is 0 Å². The molecule has 2 fully saturated rings. The van der Waals surface area contributed by atoms with Gasteiger partial charge in [-0.2, -0.15) is 5.10 Å². The summed E-state index contributed by atoms with van der Waals surface area (Å²) < 4.78 is 7.76. The van der Waals surface area contributed by atoms with Crippen molar-refractivity contribution in [2.45, 2.75) is 64.7 Å². The first-order chi connectivity index (χ1) is 15.0. The molecule has 0 N–H and O–H groups in total. The van der Waals surface area contributed by atoms with Gasteiger partial charge in [0.1, 0.15) is 5.75 Å². The fourth-order valence-electron chi connectivity index (χ4n) is 6.50. The molecule has 31 heavy (non-hydrogen) atoms. The maximum atomic E-state index is 13.5. The zero-order valence-electron chi connectivity index (χ0n) is 19.1. The number of ketones is 1. The first-order valence-electron chi connectivity index (χ1n) is 12.0. The van der Waals surface area contributed by atoms with E-state index in [1.165, 1.54) is 17.5 Å². The first-order valence-corrected chi connectivity index (χ1v) is 12.0. The number of unbranched alkanes of at least 4 members (excludes halogenated alkanes) is 1. The third-order valence-corrected chi connectivity index (χ3v) is 8.17. The number of ether oxygens (including phenoxy) is 1. The highest BCUT2D eigenvalue weighted by molar-refractivity contribution is 6.05. The minimum Gasteiger partial charge on any atom is -0.494 e. The topological polar surface area (TPSA) is 44.1 Å². The van der Waals surface area contributed by atoms with E-state index < -0.39 is 0 Å². The van der Waals surface area contributed by atoms with Crippen LogP contribution in [0, 0.1) is 17.3 Å². The van der Waals surface area contributed by atoms with Crippen LogP contribution >= 0.6 is 0 Å². The van der Waals surface area contributed by atoms with Gasteiger partial charge in [-0.25, -0.2) is 0 Å². The second-order valence-electron chi connectivity index (χ2n) is 10.1. The predicted octanol–water partition coefficient (Wildman–Crippen LogP) is 5.72. The molecule has 4 nitrogen and oxygen atoms in total. The Kier molecular flexibility index (Phi) is 5.27. The van der Waals surface area contributed by atoms with Gasteiger partial charge in [-0.15, -0.1) is 0 Å². The molecule has 3 aliphatic carbocycles. The predicted molar refractivity (Wildman–Crippen MR) is 123 cm³/mol. The molecule has 4 heteroatoms. The van der Waals surface area contributed by atoms with Crippen LogP contribution in [0.15, 0.2) is 36.2 Å². The largest absolute Gasteiger partial charge is 0.494 e. The van der Waals surface area contributed by atoms with Gasteiger partial charge in [0.2, 0.25) is 0 Å². The molecule has 1 heterocycles. The molecule has 164 valence electrons. The number of carbonyl (C=O) groups is 1. The number of hydrogen-bond donors (Lipinski definition) is 0. The van der Waals surface area contributed by atoms with E-state index in [0.29, 0.717) is 23.5 Å². The highest BCUT2D eigenvalue weighted by Gasteiger charge is 2.56. The highest BCUT2D eigenvalue weighted by Crippen LogP contribution is 2.60. The number of carbonyl (C=O) groups excluding carboxylic acids is 1. The summed E-state index contributed by atoms with van der Waals surface area (Å²) in [5.74, 6) is 3.03. The smallest absolute Gasteiger partial charge is 0.165 e. The summed E-state index contributed by atoms with van der Waals surface area (Å²) in [6.45, 7) is 5.23. The molecule has 0 unspecified atom stereocenters. The second kappa shape index (κ2) is 7.96. The summed E-state index contributed by atoms with van der Waals surface area (Å²) in [6.07, 6.45) is 13.5. The fourth-order valence-corrected chi connectivity index (χ4v) is 6.50. The number of fused-ring (bicyclic) bond motifs is 5. The van der Waals surface area contributed by atoms with Gasteiger partial charge in [0.05, 0.1) is 12.8 Å². The van der Waals surface area contributed by atoms with E-state index in [-0.39, 0.29) is 5.41 Å². The van der Waals surface area contributed by atoms with E-state index in [1.54, 1.807) is 4.68 Å². The molecule has 3 aliphatic rings. The summed E-state index contributed by atoms with van der Waals surface area (Å²) in [6, 6.07) is 6.76. The van der Waals surface area contributed by atoms with Crippen molar-refractivity contribution in [3.8, 4) is 5.75 Å². The van der Waals surface area contributed by atoms with Crippen molar-refractivity contribution in [2.75, 3.05) is 6.61 Å². The van der Waals surface area contributed by atoms with Gasteiger partial charge in [-0.05, 0) is 91.2 Å². The Morgan fingerprint density at radius 1 is 1.32 bits per heavy atom. The number of aromatic nitrogens is 2. The number of benzene rings is 1. The summed E-state index contributed by atoms with van der Waals surface area (Å²) in [7, 11) is 1.92. The van der Waals surface area contributed by atoms with Crippen LogP contribution in [0.3, 0.4) is 0 Å². The Hall–Kier alpha value is -2.36. The van der Waals surface area contributed by atoms with Gasteiger partial charge in [-0.3, -0.25) is 9.48 Å². The van der Waals surface area contributed by atoms with Gasteiger partial charge in [0.15, 0.2) is 5.78 Å². The summed E-state index contributed by atoms with van der Waals surface area (Å²) in [5.41, 5.74) is 4.82. The maximum Gasteiger partial charge on any atom is 0.165 e. The molecular weight excluding hydrogens is 384 g/mol. The van der Waals surface area contributed by atoms with Crippen LogP contribution in [-0.4, -0.2) is 22.2 Å². The third-order valence-electron chi connectivity index (χ3n) is 8.17. The van der Waals surface area contributed by atoms with E-state index in [2.05, 4.69) is 43.2 Å². The number of Topliss-reactive ketones (excluding diaryl/α,β-unsaturated/α-hetero) is 1. The molecule has 2 saturated carbocycles. The van der Waals surface area contributed by atoms with Crippen molar-refractivity contribution in [2.24, 2.45) is 24.3 Å². The normalized spacial score (nSPS) is 30.7. The molecule has 0 saturated heterocycles. The number of allylic oxidation sites excluding steroid dienone is 1. The molecule has 1 aromatic heterocycles. The zero-order valence-corrected chi connectivity index (χ0v) is 19.1. The molecule has 2 aromatic rings. The Morgan fingerprint density at radius 2 is 2.19 bits per heavy atom. The SMILES string of the molecule is CCCCOc1ccc2c(c1)CC[C@@H]1[C@@H]2CC[C@]2(C)C(=O)/C(=C/c3cnn(C)c3)C[C@@H]12. The minimum atomic E-state index is -0.198. The molecule has 0 bridgehead atoms. The van der Waals surface area contributed by atoms with Crippen LogP contribution in [0.5, 0.6) is 5.75 Å². The van der Waals surface area contributed by atoms with Crippen LogP contribution in [0.1, 0.15) is 75.0 Å². The lowest BCUT2D eigenvalue weighted by Crippen LogP contribution is -2.42. The standard InChI is InChI=1S/C27H34N2O2/c1-4-5-12-31-21-7-9-22-19(14-21)6-8-24-23(22)10-11-27(2)25(24)15-20(26(27)30)13-18-16-28-29(3)17-18/h7,9,13-14,16-17,23-25H,4-6,8,10-12,15H2,1-3H3/b20-13+/t23-,24-,25+,27+/m1/s1. The Bertz CT molecular complexity index is 1020. The van der Waals surface area contributed by atoms with E-state index >= 15 is 0 Å². The summed E-state index contributed by atoms with van der Waals surface area (Å²) in [5, 5.41) is 4.26. The molecule has 0 aliphatic heterocycles. The fraction of sp³-hybridized carbons (Fsp3) is 0.556. The Balaban J connectivity index is 1.39. The van der Waals surface area contributed by atoms with Crippen molar-refractivity contribution in [1.82, 2.24) is 9.78 Å². The summed E-state index contributed by atoms with van der Waals surface area (Å²) >= 11 is 0. The molecule has 0 spiro atoms. The number of nitrogens with zero attached hydrogens (tertiary/aromatic N) is 2. The first kappa shape index (κ1) is 20.5. The lowest BCUT2D eigenvalue weighted by atomic mass is 9.55. The van der Waals surface area contributed by atoms with Crippen LogP contribution in [0.2, 0.25) is 0 Å². The lowest BCUT2D eigenvalue weighted by molar-refractivity contribution is -0.127. The average molecular weight is 419 g/mol. The minimum absolute atomic E-state index is 0.198. The van der Waals surface area contributed by atoms with E-state index in [1.807, 2.05) is 19.4 Å². The van der Waals surface area contributed by atoms with Crippen molar-refractivity contribution in [3.63, 3.8) is 0 Å². The molecule has 5 rings (SSSR count). The van der Waals surface area contributed by atoms with E-state index in [0.717, 1.165) is 62.0 Å². The van der Waals surface area contributed by atoms with Crippen molar-refractivity contribution in [3.05, 3.63) is 52.9 Å². The van der Waals surface area contributed by atoms with Crippen molar-refractivity contribution in [1.29, 1.82) is 0 Å². The number of rotatable bonds is 5. The van der Waals surface area contributed by atoms with Crippen molar-refractivity contribution < 1.29 is 9.53 Å². The van der Waals surface area contributed by atoms with Crippen molar-refractivity contribution >= 4 is 11.9 Å². The molecule has 1 aromatic carbocycles. The van der Waals surface area contributed by atoms with E-state index in [9.17, 15) is 4.79 Å². The number of hydrogen-bond acceptors (Lipinski definition) is 3. The summed E-state index contributed by atoms with van der Waals surface area (Å²) in [4.78, 5) is 13.5. The van der Waals surface area contributed by atoms with Gasteiger partial charge >= 0.3 is 0 Å². The van der Waals surface area contributed by atoms with Crippen LogP contribution < -0.4 is 4.74 Å². The molecule has 4 atom stereocenters. The lowest BCUT2D eigenvalue weighted by Gasteiger charge is -2.48. The maximum absolute atomic E-state index is 13.5. The van der Waals surface area contributed by atoms with Gasteiger partial charge in [0.25, 0.3) is 0 Å². The highest BCUT2D eigenvalue weighted by atomic mass is 16.5. The molecular formula is C27H34N2O2. The number of aryl methyl sites for hydroxylation is 2. The average Bonchev–Trinajstić information content (AvgIpc) is 3.29. The Labute approximate surface area is 185 Å². The van der Waals surface area contributed by atoms with E-state index in [4.69, 9.17) is 4.74 Å². The van der Waals surface area contributed by atoms with Gasteiger partial charge in [0, 0.05) is 24.2 Å². The molecule has 0 radical (unpaired) electrons. The van der Waals surface area contributed by atoms with Gasteiger partial charge in [-0.1, -0.05) is 26.3 Å². The second-order valence-corrected chi connectivity index (χ2v) is 10.1. The zero-order chi connectivity index (χ0) is 21.6. The quantitative estimate of drug-likeness (QED) is 0.461. The van der Waals surface area contributed by atoms with Crippen LogP contribution in [0.25, 0.3) is 6.08 Å². The third kappa shape index (κ3) is 3.54. The van der Waals surface area contributed by atoms with Gasteiger partial charge < -0.3 is 4.74 Å². The monoisotopic (exact) mass is 418 g/mol.